The van der Waals surface area contributed by atoms with Crippen molar-refractivity contribution in [1.29, 1.82) is 0 Å². The zero-order valence-corrected chi connectivity index (χ0v) is 32.2. The lowest BCUT2D eigenvalue weighted by Gasteiger charge is -2.36. The average molecular weight is 740 g/mol. The molecule has 1 heteroatoms. The highest BCUT2D eigenvalue weighted by molar-refractivity contribution is 5.89. The van der Waals surface area contributed by atoms with Crippen LogP contribution in [0.1, 0.15) is 34.6 Å². The number of allylic oxidation sites excluding steroid dienone is 4. The van der Waals surface area contributed by atoms with Crippen LogP contribution in [0.3, 0.4) is 0 Å². The second-order valence-corrected chi connectivity index (χ2v) is 15.6. The van der Waals surface area contributed by atoms with Gasteiger partial charge in [0.25, 0.3) is 0 Å². The van der Waals surface area contributed by atoms with Gasteiger partial charge in [-0.2, -0.15) is 0 Å². The molecular weight excluding hydrogens is 699 g/mol. The lowest BCUT2D eigenvalue weighted by molar-refractivity contribution is 0.694. The van der Waals surface area contributed by atoms with Crippen LogP contribution in [0.2, 0.25) is 0 Å². The van der Waals surface area contributed by atoms with Crippen molar-refractivity contribution in [3.63, 3.8) is 0 Å². The molecule has 0 spiro atoms. The molecule has 9 aromatic carbocycles. The standard InChI is InChI=1S/C57H41N/c1-3-13-40(14-4-1)42-25-29-48(30-26-42)57(55-22-12-11-21-53(55)54-38-45-17-9-10-18-46(45)39-56(54)57)49-31-35-52(36-32-49)58(50-19-5-2-6-20-50)51-33-27-43(28-34-51)47-24-23-41-15-7-8-16-44(41)37-47/h1-20,22-39,53H,21H2. The van der Waals surface area contributed by atoms with Crippen LogP contribution >= 0.6 is 0 Å². The number of benzene rings is 9. The maximum Gasteiger partial charge on any atom is 0.0673 e. The van der Waals surface area contributed by atoms with Gasteiger partial charge in [-0.3, -0.25) is 0 Å². The summed E-state index contributed by atoms with van der Waals surface area (Å²) in [6, 6.07) is 78.3. The third-order valence-electron chi connectivity index (χ3n) is 12.5. The summed E-state index contributed by atoms with van der Waals surface area (Å²) >= 11 is 0. The van der Waals surface area contributed by atoms with Crippen molar-refractivity contribution < 1.29 is 0 Å². The molecule has 11 rings (SSSR count). The summed E-state index contributed by atoms with van der Waals surface area (Å²) < 4.78 is 0. The summed E-state index contributed by atoms with van der Waals surface area (Å²) in [7, 11) is 0. The quantitative estimate of drug-likeness (QED) is 0.157. The first kappa shape index (κ1) is 34.1. The molecule has 0 aliphatic heterocycles. The van der Waals surface area contributed by atoms with Crippen molar-refractivity contribution >= 4 is 38.6 Å². The summed E-state index contributed by atoms with van der Waals surface area (Å²) in [4.78, 5) is 2.37. The van der Waals surface area contributed by atoms with Crippen LogP contribution in [0, 0.1) is 0 Å². The van der Waals surface area contributed by atoms with E-state index in [1.54, 1.807) is 0 Å². The van der Waals surface area contributed by atoms with E-state index in [1.165, 1.54) is 71.6 Å². The molecule has 2 aliphatic rings. The Morgan fingerprint density at radius 2 is 0.879 bits per heavy atom. The first-order valence-electron chi connectivity index (χ1n) is 20.4. The number of nitrogens with zero attached hydrogens (tertiary/aromatic N) is 1. The predicted molar refractivity (Wildman–Crippen MR) is 244 cm³/mol. The normalized spacial score (nSPS) is 16.8. The lowest BCUT2D eigenvalue weighted by Crippen LogP contribution is -2.30. The Balaban J connectivity index is 1.05. The van der Waals surface area contributed by atoms with Crippen molar-refractivity contribution in [1.82, 2.24) is 0 Å². The molecule has 2 atom stereocenters. The number of hydrogen-bond acceptors (Lipinski definition) is 1. The number of fused-ring (bicyclic) bond motifs is 5. The molecule has 0 fully saturated rings. The fourth-order valence-corrected chi connectivity index (χ4v) is 9.75. The molecule has 1 nitrogen and oxygen atoms in total. The maximum atomic E-state index is 2.48. The van der Waals surface area contributed by atoms with Crippen LogP contribution in [-0.4, -0.2) is 0 Å². The minimum absolute atomic E-state index is 0.306. The molecule has 274 valence electrons. The molecule has 0 bridgehead atoms. The molecule has 0 radical (unpaired) electrons. The highest BCUT2D eigenvalue weighted by atomic mass is 15.1. The maximum absolute atomic E-state index is 2.48. The lowest BCUT2D eigenvalue weighted by atomic mass is 9.66. The summed E-state index contributed by atoms with van der Waals surface area (Å²) in [6.45, 7) is 0. The Hall–Kier alpha value is -7.22. The Labute approximate surface area is 340 Å². The molecular formula is C57H41N. The van der Waals surface area contributed by atoms with Crippen molar-refractivity contribution in [2.45, 2.75) is 17.8 Å². The molecule has 9 aromatic rings. The third-order valence-corrected chi connectivity index (χ3v) is 12.5. The molecule has 0 amide bonds. The van der Waals surface area contributed by atoms with Gasteiger partial charge in [0.2, 0.25) is 0 Å². The molecule has 0 saturated heterocycles. The van der Waals surface area contributed by atoms with Crippen LogP contribution in [0.4, 0.5) is 17.1 Å². The molecule has 2 aliphatic carbocycles. The van der Waals surface area contributed by atoms with Gasteiger partial charge in [-0.1, -0.05) is 182 Å². The van der Waals surface area contributed by atoms with E-state index >= 15 is 0 Å². The molecule has 0 saturated carbocycles. The highest BCUT2D eigenvalue weighted by Crippen LogP contribution is 2.60. The first-order valence-corrected chi connectivity index (χ1v) is 20.4. The van der Waals surface area contributed by atoms with E-state index in [4.69, 9.17) is 0 Å². The van der Waals surface area contributed by atoms with E-state index in [9.17, 15) is 0 Å². The average Bonchev–Trinajstić information content (AvgIpc) is 3.59. The minimum Gasteiger partial charge on any atom is -0.311 e. The Bertz CT molecular complexity index is 2990. The fraction of sp³-hybridized carbons (Fsp3) is 0.0526. The Morgan fingerprint density at radius 1 is 0.397 bits per heavy atom. The van der Waals surface area contributed by atoms with Crippen molar-refractivity contribution in [3.05, 3.63) is 258 Å². The zero-order valence-electron chi connectivity index (χ0n) is 32.2. The van der Waals surface area contributed by atoms with Crippen molar-refractivity contribution in [3.8, 4) is 22.3 Å². The van der Waals surface area contributed by atoms with Crippen LogP contribution in [0.15, 0.2) is 236 Å². The predicted octanol–water partition coefficient (Wildman–Crippen LogP) is 15.1. The van der Waals surface area contributed by atoms with Crippen LogP contribution in [0.25, 0.3) is 43.8 Å². The smallest absolute Gasteiger partial charge is 0.0673 e. The summed E-state index contributed by atoms with van der Waals surface area (Å²) in [5, 5.41) is 5.08. The van der Waals surface area contributed by atoms with Gasteiger partial charge in [-0.15, -0.1) is 0 Å². The van der Waals surface area contributed by atoms with Gasteiger partial charge < -0.3 is 4.90 Å². The third kappa shape index (κ3) is 5.62. The van der Waals surface area contributed by atoms with Gasteiger partial charge in [-0.05, 0) is 127 Å². The SMILES string of the molecule is C1=CCC2C(=C1)C(c1ccc(-c3ccccc3)cc1)(c1ccc(N(c3ccccc3)c3ccc(-c4ccc5ccccc5c4)cc3)cc1)c1cc3ccccc3cc12. The van der Waals surface area contributed by atoms with Crippen molar-refractivity contribution in [2.24, 2.45) is 0 Å². The summed E-state index contributed by atoms with van der Waals surface area (Å²) in [5.41, 5.74) is 14.6. The minimum atomic E-state index is -0.457. The molecule has 58 heavy (non-hydrogen) atoms. The summed E-state index contributed by atoms with van der Waals surface area (Å²) in [5.74, 6) is 0.306. The largest absolute Gasteiger partial charge is 0.311 e. The molecule has 2 unspecified atom stereocenters. The monoisotopic (exact) mass is 739 g/mol. The van der Waals surface area contributed by atoms with E-state index in [1.807, 2.05) is 0 Å². The van der Waals surface area contributed by atoms with E-state index in [0.717, 1.165) is 23.5 Å². The second kappa shape index (κ2) is 14.1. The zero-order chi connectivity index (χ0) is 38.5. The molecule has 0 N–H and O–H groups in total. The van der Waals surface area contributed by atoms with Gasteiger partial charge in [0.15, 0.2) is 0 Å². The van der Waals surface area contributed by atoms with Gasteiger partial charge in [0, 0.05) is 23.0 Å². The Kier molecular flexibility index (Phi) is 8.26. The van der Waals surface area contributed by atoms with E-state index in [0.29, 0.717) is 5.92 Å². The summed E-state index contributed by atoms with van der Waals surface area (Å²) in [6.07, 6.45) is 8.02. The first-order chi connectivity index (χ1) is 28.7. The number of anilines is 3. The topological polar surface area (TPSA) is 3.24 Å². The van der Waals surface area contributed by atoms with Gasteiger partial charge in [-0.25, -0.2) is 0 Å². The van der Waals surface area contributed by atoms with E-state index < -0.39 is 5.41 Å². The van der Waals surface area contributed by atoms with Crippen LogP contribution in [-0.2, 0) is 5.41 Å². The van der Waals surface area contributed by atoms with E-state index in [-0.39, 0.29) is 0 Å². The number of rotatable bonds is 7. The van der Waals surface area contributed by atoms with Gasteiger partial charge in [0.1, 0.15) is 0 Å². The number of para-hydroxylation sites is 1. The number of hydrogen-bond donors (Lipinski definition) is 0. The highest BCUT2D eigenvalue weighted by Gasteiger charge is 2.50. The fourth-order valence-electron chi connectivity index (χ4n) is 9.75. The van der Waals surface area contributed by atoms with Gasteiger partial charge >= 0.3 is 0 Å². The Morgan fingerprint density at radius 3 is 1.57 bits per heavy atom. The molecule has 0 heterocycles. The van der Waals surface area contributed by atoms with Crippen molar-refractivity contribution in [2.75, 3.05) is 4.90 Å². The second-order valence-electron chi connectivity index (χ2n) is 15.6. The van der Waals surface area contributed by atoms with Gasteiger partial charge in [0.05, 0.1) is 5.41 Å². The van der Waals surface area contributed by atoms with Crippen LogP contribution in [0.5, 0.6) is 0 Å². The van der Waals surface area contributed by atoms with E-state index in [2.05, 4.69) is 235 Å². The van der Waals surface area contributed by atoms with Crippen LogP contribution < -0.4 is 4.90 Å². The molecule has 0 aromatic heterocycles.